The maximum absolute atomic E-state index is 13.0. The smallest absolute Gasteiger partial charge is 0.267 e. The van der Waals surface area contributed by atoms with Crippen LogP contribution in [0.3, 0.4) is 0 Å². The van der Waals surface area contributed by atoms with Gasteiger partial charge < -0.3 is 0 Å². The van der Waals surface area contributed by atoms with Crippen LogP contribution in [-0.4, -0.2) is 22.0 Å². The number of pyridine rings is 1. The van der Waals surface area contributed by atoms with Gasteiger partial charge in [0.15, 0.2) is 0 Å². The molecule has 0 aliphatic heterocycles. The summed E-state index contributed by atoms with van der Waals surface area (Å²) < 4.78 is 0. The van der Waals surface area contributed by atoms with Crippen molar-refractivity contribution < 1.29 is 9.72 Å². The predicted molar refractivity (Wildman–Crippen MR) is 120 cm³/mol. The molecule has 1 aromatic heterocycles. The number of hydrogen-bond donors (Lipinski definition) is 1. The number of hydrazone groups is 1. The number of amides is 1. The number of aromatic nitrogens is 1. The van der Waals surface area contributed by atoms with Crippen molar-refractivity contribution >= 4 is 28.7 Å². The van der Waals surface area contributed by atoms with Gasteiger partial charge in [-0.3, -0.25) is 14.9 Å². The van der Waals surface area contributed by atoms with E-state index in [2.05, 4.69) is 10.5 Å². The first-order chi connectivity index (χ1) is 15.0. The zero-order valence-corrected chi connectivity index (χ0v) is 16.6. The summed E-state index contributed by atoms with van der Waals surface area (Å²) in [5, 5.41) is 15.6. The first kappa shape index (κ1) is 19.9. The Morgan fingerprint density at radius 2 is 1.84 bits per heavy atom. The number of nitro groups is 1. The van der Waals surface area contributed by atoms with E-state index >= 15 is 0 Å². The minimum atomic E-state index is -0.480. The maximum Gasteiger partial charge on any atom is 0.272 e. The average Bonchev–Trinajstić information content (AvgIpc) is 2.79. The fourth-order valence-corrected chi connectivity index (χ4v) is 3.23. The van der Waals surface area contributed by atoms with Crippen LogP contribution in [0.5, 0.6) is 0 Å². The lowest BCUT2D eigenvalue weighted by atomic mass is 10.0. The van der Waals surface area contributed by atoms with E-state index in [1.165, 1.54) is 18.3 Å². The third kappa shape index (κ3) is 4.45. The minimum Gasteiger partial charge on any atom is -0.267 e. The van der Waals surface area contributed by atoms with Crippen molar-refractivity contribution in [2.24, 2.45) is 5.10 Å². The number of carbonyl (C=O) groups is 1. The highest BCUT2D eigenvalue weighted by atomic mass is 16.6. The molecule has 4 rings (SSSR count). The van der Waals surface area contributed by atoms with Gasteiger partial charge in [-0.25, -0.2) is 10.4 Å². The monoisotopic (exact) mass is 410 g/mol. The largest absolute Gasteiger partial charge is 0.272 e. The van der Waals surface area contributed by atoms with Crippen molar-refractivity contribution in [2.75, 3.05) is 0 Å². The molecule has 0 aliphatic carbocycles. The Morgan fingerprint density at radius 3 is 2.61 bits per heavy atom. The van der Waals surface area contributed by atoms with Gasteiger partial charge in [-0.05, 0) is 25.1 Å². The third-order valence-corrected chi connectivity index (χ3v) is 4.74. The van der Waals surface area contributed by atoms with Crippen LogP contribution in [0.1, 0.15) is 21.5 Å². The number of benzene rings is 3. The highest BCUT2D eigenvalue weighted by Crippen LogP contribution is 2.25. The van der Waals surface area contributed by atoms with E-state index < -0.39 is 10.8 Å². The van der Waals surface area contributed by atoms with Crippen LogP contribution in [0.15, 0.2) is 84.0 Å². The van der Waals surface area contributed by atoms with E-state index in [-0.39, 0.29) is 5.69 Å². The van der Waals surface area contributed by atoms with Gasteiger partial charge in [-0.15, -0.1) is 0 Å². The summed E-state index contributed by atoms with van der Waals surface area (Å²) in [6.45, 7) is 1.95. The number of nitrogens with zero attached hydrogens (tertiary/aromatic N) is 3. The molecule has 152 valence electrons. The Labute approximate surface area is 178 Å². The van der Waals surface area contributed by atoms with Gasteiger partial charge in [-0.2, -0.15) is 5.10 Å². The molecule has 0 bridgehead atoms. The topological polar surface area (TPSA) is 97.5 Å². The number of non-ortho nitro benzene ring substituents is 1. The molecule has 0 spiro atoms. The fourth-order valence-electron chi connectivity index (χ4n) is 3.23. The SMILES string of the molecule is Cc1ccc2nc(-c3ccccc3)cc(C(=O)NN=Cc3cccc([N+](=O)[O-])c3)c2c1. The van der Waals surface area contributed by atoms with E-state index in [0.717, 1.165) is 16.5 Å². The quantitative estimate of drug-likeness (QED) is 0.288. The summed E-state index contributed by atoms with van der Waals surface area (Å²) in [4.78, 5) is 28.1. The molecule has 1 amide bonds. The van der Waals surface area contributed by atoms with Gasteiger partial charge in [0.05, 0.1) is 27.9 Å². The molecule has 0 saturated carbocycles. The zero-order valence-electron chi connectivity index (χ0n) is 16.6. The number of rotatable bonds is 5. The molecule has 0 unspecified atom stereocenters. The Kier molecular flexibility index (Phi) is 5.49. The molecule has 0 aliphatic rings. The first-order valence-electron chi connectivity index (χ1n) is 9.56. The number of nitrogens with one attached hydrogen (secondary N) is 1. The summed E-state index contributed by atoms with van der Waals surface area (Å²) in [5.41, 5.74) is 6.74. The second-order valence-corrected chi connectivity index (χ2v) is 6.99. The van der Waals surface area contributed by atoms with Crippen LogP contribution < -0.4 is 5.43 Å². The number of hydrogen-bond acceptors (Lipinski definition) is 5. The van der Waals surface area contributed by atoms with Crippen LogP contribution >= 0.6 is 0 Å². The molecular weight excluding hydrogens is 392 g/mol. The Balaban J connectivity index is 1.67. The summed E-state index contributed by atoms with van der Waals surface area (Å²) in [7, 11) is 0. The van der Waals surface area contributed by atoms with Gasteiger partial charge in [0.1, 0.15) is 0 Å². The highest BCUT2D eigenvalue weighted by Gasteiger charge is 2.14. The summed E-state index contributed by atoms with van der Waals surface area (Å²) in [5.74, 6) is -0.392. The molecule has 1 heterocycles. The standard InChI is InChI=1S/C24H18N4O3/c1-16-10-11-22-20(12-16)21(14-23(26-22)18-7-3-2-4-8-18)24(29)27-25-15-17-6-5-9-19(13-17)28(30)31/h2-15H,1H3,(H,27,29). The highest BCUT2D eigenvalue weighted by molar-refractivity contribution is 6.07. The number of carbonyl (C=O) groups excluding carboxylic acids is 1. The van der Waals surface area contributed by atoms with E-state index in [1.54, 1.807) is 18.2 Å². The lowest BCUT2D eigenvalue weighted by Gasteiger charge is -2.10. The lowest BCUT2D eigenvalue weighted by molar-refractivity contribution is -0.384. The van der Waals surface area contributed by atoms with E-state index in [1.807, 2.05) is 55.5 Å². The van der Waals surface area contributed by atoms with Crippen molar-refractivity contribution in [1.82, 2.24) is 10.4 Å². The molecule has 0 fully saturated rings. The van der Waals surface area contributed by atoms with Gasteiger partial charge in [0.2, 0.25) is 0 Å². The normalized spacial score (nSPS) is 11.0. The second kappa shape index (κ2) is 8.54. The Hall–Kier alpha value is -4.39. The van der Waals surface area contributed by atoms with Crippen LogP contribution in [0.2, 0.25) is 0 Å². The molecular formula is C24H18N4O3. The molecule has 7 heteroatoms. The molecule has 7 nitrogen and oxygen atoms in total. The third-order valence-electron chi connectivity index (χ3n) is 4.74. The number of fused-ring (bicyclic) bond motifs is 1. The van der Waals surface area contributed by atoms with E-state index in [4.69, 9.17) is 4.98 Å². The van der Waals surface area contributed by atoms with Gasteiger partial charge in [-0.1, -0.05) is 54.1 Å². The van der Waals surface area contributed by atoms with Gasteiger partial charge >= 0.3 is 0 Å². The molecule has 0 radical (unpaired) electrons. The average molecular weight is 410 g/mol. The Bertz CT molecular complexity index is 1320. The van der Waals surface area contributed by atoms with Crippen molar-refractivity contribution in [2.45, 2.75) is 6.92 Å². The van der Waals surface area contributed by atoms with Gasteiger partial charge in [0, 0.05) is 28.6 Å². The van der Waals surface area contributed by atoms with Crippen LogP contribution in [-0.2, 0) is 0 Å². The van der Waals surface area contributed by atoms with Crippen molar-refractivity contribution in [3.05, 3.63) is 106 Å². The number of nitro benzene ring substituents is 1. The minimum absolute atomic E-state index is 0.0432. The van der Waals surface area contributed by atoms with Crippen molar-refractivity contribution in [3.8, 4) is 11.3 Å². The summed E-state index contributed by atoms with van der Waals surface area (Å²) in [6.07, 6.45) is 1.37. The van der Waals surface area contributed by atoms with Crippen LogP contribution in [0.25, 0.3) is 22.2 Å². The fraction of sp³-hybridized carbons (Fsp3) is 0.0417. The van der Waals surface area contributed by atoms with E-state index in [0.29, 0.717) is 22.3 Å². The van der Waals surface area contributed by atoms with Crippen molar-refractivity contribution in [1.29, 1.82) is 0 Å². The maximum atomic E-state index is 13.0. The Morgan fingerprint density at radius 1 is 1.03 bits per heavy atom. The second-order valence-electron chi connectivity index (χ2n) is 6.99. The first-order valence-corrected chi connectivity index (χ1v) is 9.56. The van der Waals surface area contributed by atoms with E-state index in [9.17, 15) is 14.9 Å². The van der Waals surface area contributed by atoms with Crippen molar-refractivity contribution in [3.63, 3.8) is 0 Å². The van der Waals surface area contributed by atoms with Crippen LogP contribution in [0.4, 0.5) is 5.69 Å². The van der Waals surface area contributed by atoms with Gasteiger partial charge in [0.25, 0.3) is 11.6 Å². The molecule has 31 heavy (non-hydrogen) atoms. The lowest BCUT2D eigenvalue weighted by Crippen LogP contribution is -2.18. The predicted octanol–water partition coefficient (Wildman–Crippen LogP) is 4.88. The molecule has 4 aromatic rings. The molecule has 3 aromatic carbocycles. The zero-order chi connectivity index (χ0) is 21.8. The molecule has 0 saturated heterocycles. The molecule has 1 N–H and O–H groups in total. The summed E-state index contributed by atoms with van der Waals surface area (Å²) >= 11 is 0. The van der Waals surface area contributed by atoms with Crippen LogP contribution in [0, 0.1) is 17.0 Å². The number of aryl methyl sites for hydroxylation is 1. The molecule has 0 atom stereocenters. The summed E-state index contributed by atoms with van der Waals surface area (Å²) in [6, 6.07) is 23.1.